The number of carbonyl (C=O) groups excluding carboxylic acids is 1. The number of hydrogen-bond donors (Lipinski definition) is 0. The molecule has 0 aromatic heterocycles. The van der Waals surface area contributed by atoms with Gasteiger partial charge in [-0.1, -0.05) is 42.5 Å². The fourth-order valence-electron chi connectivity index (χ4n) is 2.18. The van der Waals surface area contributed by atoms with Crippen molar-refractivity contribution in [2.24, 2.45) is 0 Å². The van der Waals surface area contributed by atoms with E-state index in [-0.39, 0.29) is 5.97 Å². The van der Waals surface area contributed by atoms with Crippen LogP contribution in [-0.4, -0.2) is 20.2 Å². The Morgan fingerprint density at radius 3 is 2.00 bits per heavy atom. The van der Waals surface area contributed by atoms with Crippen molar-refractivity contribution in [1.29, 1.82) is 0 Å². The van der Waals surface area contributed by atoms with Crippen LogP contribution in [0.4, 0.5) is 0 Å². The largest absolute Gasteiger partial charge is 0.497 e. The lowest BCUT2D eigenvalue weighted by molar-refractivity contribution is -0.133. The molecule has 3 nitrogen and oxygen atoms in total. The molecule has 2 aromatic rings. The maximum atomic E-state index is 12.1. The first-order chi connectivity index (χ1) is 10.2. The van der Waals surface area contributed by atoms with Gasteiger partial charge in [0.1, 0.15) is 5.75 Å². The summed E-state index contributed by atoms with van der Waals surface area (Å²) >= 11 is 0. The van der Waals surface area contributed by atoms with E-state index < -0.39 is 0 Å². The highest BCUT2D eigenvalue weighted by molar-refractivity contribution is 6.24. The first-order valence-corrected chi connectivity index (χ1v) is 6.66. The van der Waals surface area contributed by atoms with Crippen molar-refractivity contribution in [3.05, 3.63) is 65.7 Å². The van der Waals surface area contributed by atoms with Gasteiger partial charge in [-0.25, -0.2) is 4.79 Å². The number of ether oxygens (including phenoxy) is 2. The van der Waals surface area contributed by atoms with Crippen LogP contribution >= 0.6 is 0 Å². The molecular formula is C18H18O3. The molecule has 108 valence electrons. The average molecular weight is 282 g/mol. The Balaban J connectivity index is 2.53. The number of carbonyl (C=O) groups is 1. The Labute approximate surface area is 124 Å². The van der Waals surface area contributed by atoms with Gasteiger partial charge in [0.25, 0.3) is 0 Å². The molecule has 0 radical (unpaired) electrons. The normalized spacial score (nSPS) is 11.6. The monoisotopic (exact) mass is 282 g/mol. The van der Waals surface area contributed by atoms with Gasteiger partial charge in [-0.15, -0.1) is 0 Å². The van der Waals surface area contributed by atoms with E-state index in [9.17, 15) is 4.79 Å². The minimum atomic E-state index is -0.338. The maximum Gasteiger partial charge on any atom is 0.338 e. The molecule has 2 aromatic carbocycles. The number of rotatable bonds is 4. The molecule has 0 spiro atoms. The van der Waals surface area contributed by atoms with Crippen LogP contribution < -0.4 is 4.74 Å². The summed E-state index contributed by atoms with van der Waals surface area (Å²) in [6.45, 7) is 1.92. The van der Waals surface area contributed by atoms with Crippen molar-refractivity contribution in [3.8, 4) is 5.75 Å². The topological polar surface area (TPSA) is 35.5 Å². The fraction of sp³-hybridized carbons (Fsp3) is 0.167. The highest BCUT2D eigenvalue weighted by Crippen LogP contribution is 2.28. The van der Waals surface area contributed by atoms with E-state index in [1.165, 1.54) is 7.11 Å². The quantitative estimate of drug-likeness (QED) is 0.486. The Morgan fingerprint density at radius 2 is 1.48 bits per heavy atom. The zero-order valence-electron chi connectivity index (χ0n) is 12.4. The van der Waals surface area contributed by atoms with Crippen molar-refractivity contribution in [1.82, 2.24) is 0 Å². The minimum Gasteiger partial charge on any atom is -0.497 e. The maximum absolute atomic E-state index is 12.1. The van der Waals surface area contributed by atoms with E-state index in [0.29, 0.717) is 5.57 Å². The van der Waals surface area contributed by atoms with E-state index in [2.05, 4.69) is 0 Å². The average Bonchev–Trinajstić information content (AvgIpc) is 2.55. The summed E-state index contributed by atoms with van der Waals surface area (Å²) in [7, 11) is 3.02. The summed E-state index contributed by atoms with van der Waals surface area (Å²) in [5.74, 6) is 0.445. The smallest absolute Gasteiger partial charge is 0.338 e. The molecule has 0 heterocycles. The second kappa shape index (κ2) is 6.75. The molecular weight excluding hydrogens is 264 g/mol. The molecule has 2 rings (SSSR count). The molecule has 0 atom stereocenters. The van der Waals surface area contributed by atoms with E-state index in [1.54, 1.807) is 7.11 Å². The zero-order valence-corrected chi connectivity index (χ0v) is 12.4. The van der Waals surface area contributed by atoms with Crippen LogP contribution in [0.2, 0.25) is 0 Å². The van der Waals surface area contributed by atoms with Gasteiger partial charge in [0, 0.05) is 0 Å². The number of benzene rings is 2. The van der Waals surface area contributed by atoms with Gasteiger partial charge in [-0.05, 0) is 35.8 Å². The molecule has 0 saturated carbocycles. The SMILES string of the molecule is COC(=O)/C(=C(\C)c1ccc(OC)cc1)c1ccccc1. The Kier molecular flexibility index (Phi) is 4.77. The van der Waals surface area contributed by atoms with Gasteiger partial charge in [0.15, 0.2) is 0 Å². The van der Waals surface area contributed by atoms with Gasteiger partial charge in [-0.2, -0.15) is 0 Å². The Hall–Kier alpha value is -2.55. The van der Waals surface area contributed by atoms with Crippen LogP contribution in [0.1, 0.15) is 18.1 Å². The summed E-state index contributed by atoms with van der Waals surface area (Å²) in [6, 6.07) is 17.1. The number of methoxy groups -OCH3 is 2. The second-order valence-electron chi connectivity index (χ2n) is 4.59. The van der Waals surface area contributed by atoms with Crippen LogP contribution in [0.25, 0.3) is 11.1 Å². The van der Waals surface area contributed by atoms with E-state index >= 15 is 0 Å². The number of hydrogen-bond acceptors (Lipinski definition) is 3. The van der Waals surface area contributed by atoms with Crippen molar-refractivity contribution < 1.29 is 14.3 Å². The molecule has 21 heavy (non-hydrogen) atoms. The Morgan fingerprint density at radius 1 is 0.857 bits per heavy atom. The van der Waals surface area contributed by atoms with Gasteiger partial charge in [0.05, 0.1) is 19.8 Å². The summed E-state index contributed by atoms with van der Waals surface area (Å²) < 4.78 is 10.1. The van der Waals surface area contributed by atoms with Crippen LogP contribution in [0.3, 0.4) is 0 Å². The minimum absolute atomic E-state index is 0.338. The third kappa shape index (κ3) is 3.31. The lowest BCUT2D eigenvalue weighted by Gasteiger charge is -2.11. The fourth-order valence-corrected chi connectivity index (χ4v) is 2.18. The lowest BCUT2D eigenvalue weighted by Crippen LogP contribution is -2.06. The second-order valence-corrected chi connectivity index (χ2v) is 4.59. The van der Waals surface area contributed by atoms with Crippen LogP contribution in [0, 0.1) is 0 Å². The van der Waals surface area contributed by atoms with Crippen LogP contribution in [-0.2, 0) is 9.53 Å². The third-order valence-electron chi connectivity index (χ3n) is 3.35. The van der Waals surface area contributed by atoms with Crippen LogP contribution in [0.5, 0.6) is 5.75 Å². The molecule has 0 aliphatic rings. The summed E-state index contributed by atoms with van der Waals surface area (Å²) in [5, 5.41) is 0. The molecule has 0 fully saturated rings. The van der Waals surface area contributed by atoms with Gasteiger partial charge >= 0.3 is 5.97 Å². The summed E-state index contributed by atoms with van der Waals surface area (Å²) in [4.78, 5) is 12.1. The molecule has 0 N–H and O–H groups in total. The van der Waals surface area contributed by atoms with Gasteiger partial charge in [0.2, 0.25) is 0 Å². The highest BCUT2D eigenvalue weighted by Gasteiger charge is 2.16. The van der Waals surface area contributed by atoms with Crippen LogP contribution in [0.15, 0.2) is 54.6 Å². The van der Waals surface area contributed by atoms with E-state index in [0.717, 1.165) is 22.4 Å². The molecule has 0 bridgehead atoms. The van der Waals surface area contributed by atoms with Gasteiger partial charge in [-0.3, -0.25) is 0 Å². The third-order valence-corrected chi connectivity index (χ3v) is 3.35. The Bertz CT molecular complexity index is 640. The van der Waals surface area contributed by atoms with Crippen molar-refractivity contribution in [2.45, 2.75) is 6.92 Å². The number of allylic oxidation sites excluding steroid dienone is 1. The molecule has 0 unspecified atom stereocenters. The standard InChI is InChI=1S/C18H18O3/c1-13(14-9-11-16(20-2)12-10-14)17(18(19)21-3)15-7-5-4-6-8-15/h4-12H,1-3H3/b17-13+. The zero-order chi connectivity index (χ0) is 15.2. The molecule has 0 saturated heterocycles. The number of esters is 1. The van der Waals surface area contributed by atoms with Gasteiger partial charge < -0.3 is 9.47 Å². The first-order valence-electron chi connectivity index (χ1n) is 6.66. The molecule has 0 aliphatic heterocycles. The molecule has 0 amide bonds. The van der Waals surface area contributed by atoms with Crippen molar-refractivity contribution in [3.63, 3.8) is 0 Å². The van der Waals surface area contributed by atoms with E-state index in [1.807, 2.05) is 61.5 Å². The predicted molar refractivity (Wildman–Crippen MR) is 83.9 cm³/mol. The summed E-state index contributed by atoms with van der Waals surface area (Å²) in [6.07, 6.45) is 0. The summed E-state index contributed by atoms with van der Waals surface area (Å²) in [5.41, 5.74) is 3.25. The molecule has 3 heteroatoms. The van der Waals surface area contributed by atoms with Crippen molar-refractivity contribution >= 4 is 17.1 Å². The van der Waals surface area contributed by atoms with Crippen molar-refractivity contribution in [2.75, 3.05) is 14.2 Å². The lowest BCUT2D eigenvalue weighted by atomic mass is 9.96. The highest BCUT2D eigenvalue weighted by atomic mass is 16.5. The molecule has 0 aliphatic carbocycles. The predicted octanol–water partition coefficient (Wildman–Crippen LogP) is 3.80. The van der Waals surface area contributed by atoms with E-state index in [4.69, 9.17) is 9.47 Å². The first kappa shape index (κ1) is 14.9.